The first-order valence-electron chi connectivity index (χ1n) is 6.63. The van der Waals surface area contributed by atoms with Crippen LogP contribution in [0, 0.1) is 0 Å². The highest BCUT2D eigenvalue weighted by atomic mass is 15.1. The van der Waals surface area contributed by atoms with Crippen LogP contribution in [-0.4, -0.2) is 18.6 Å². The molecule has 0 bridgehead atoms. The zero-order chi connectivity index (χ0) is 12.8. The molecule has 1 rings (SSSR count). The van der Waals surface area contributed by atoms with Crippen molar-refractivity contribution in [3.63, 3.8) is 0 Å². The molecule has 0 heterocycles. The second-order valence-electron chi connectivity index (χ2n) is 5.08. The first-order valence-corrected chi connectivity index (χ1v) is 6.63. The molecule has 0 aliphatic heterocycles. The van der Waals surface area contributed by atoms with Gasteiger partial charge in [0.05, 0.1) is 0 Å². The standard InChI is InChI=1S/C15H26N2/c1-6-17(13(4)5)15-9-7-14(8-10-15)11-16-12(2)3/h7-10,12-13,16H,6,11H2,1-5H3. The molecule has 2 nitrogen and oxygen atoms in total. The first kappa shape index (κ1) is 14.0. The van der Waals surface area contributed by atoms with Crippen LogP contribution in [0.15, 0.2) is 24.3 Å². The van der Waals surface area contributed by atoms with Crippen LogP contribution in [0.4, 0.5) is 5.69 Å². The third kappa shape index (κ3) is 4.39. The van der Waals surface area contributed by atoms with Crippen LogP contribution in [0.1, 0.15) is 40.2 Å². The number of nitrogens with zero attached hydrogens (tertiary/aromatic N) is 1. The smallest absolute Gasteiger partial charge is 0.0368 e. The van der Waals surface area contributed by atoms with Crippen molar-refractivity contribution in [2.45, 2.75) is 53.2 Å². The third-order valence-corrected chi connectivity index (χ3v) is 2.95. The molecule has 0 fully saturated rings. The normalized spacial score (nSPS) is 11.2. The highest BCUT2D eigenvalue weighted by molar-refractivity contribution is 5.48. The van der Waals surface area contributed by atoms with Crippen molar-refractivity contribution in [1.29, 1.82) is 0 Å². The monoisotopic (exact) mass is 234 g/mol. The molecule has 0 aliphatic carbocycles. The van der Waals surface area contributed by atoms with Gasteiger partial charge in [-0.3, -0.25) is 0 Å². The zero-order valence-electron chi connectivity index (χ0n) is 11.8. The van der Waals surface area contributed by atoms with Crippen LogP contribution in [0.3, 0.4) is 0 Å². The molecule has 0 radical (unpaired) electrons. The van der Waals surface area contributed by atoms with Gasteiger partial charge in [0.1, 0.15) is 0 Å². The minimum absolute atomic E-state index is 0.539. The number of rotatable bonds is 6. The van der Waals surface area contributed by atoms with Crippen LogP contribution in [-0.2, 0) is 6.54 Å². The molecule has 0 saturated heterocycles. The van der Waals surface area contributed by atoms with Crippen molar-refractivity contribution < 1.29 is 0 Å². The number of hydrogen-bond acceptors (Lipinski definition) is 2. The zero-order valence-corrected chi connectivity index (χ0v) is 11.8. The second-order valence-corrected chi connectivity index (χ2v) is 5.08. The van der Waals surface area contributed by atoms with Crippen LogP contribution in [0.2, 0.25) is 0 Å². The van der Waals surface area contributed by atoms with Crippen molar-refractivity contribution in [1.82, 2.24) is 5.32 Å². The average molecular weight is 234 g/mol. The van der Waals surface area contributed by atoms with Crippen molar-refractivity contribution in [3.05, 3.63) is 29.8 Å². The van der Waals surface area contributed by atoms with E-state index >= 15 is 0 Å². The molecule has 0 amide bonds. The fourth-order valence-electron chi connectivity index (χ4n) is 1.97. The lowest BCUT2D eigenvalue weighted by atomic mass is 10.1. The molecule has 0 aromatic heterocycles. The average Bonchev–Trinajstić information content (AvgIpc) is 2.28. The molecule has 2 heteroatoms. The quantitative estimate of drug-likeness (QED) is 0.811. The molecule has 0 atom stereocenters. The van der Waals surface area contributed by atoms with Gasteiger partial charge in [0.25, 0.3) is 0 Å². The van der Waals surface area contributed by atoms with Crippen molar-refractivity contribution in [2.24, 2.45) is 0 Å². The minimum Gasteiger partial charge on any atom is -0.369 e. The maximum Gasteiger partial charge on any atom is 0.0368 e. The molecular weight excluding hydrogens is 208 g/mol. The highest BCUT2D eigenvalue weighted by Gasteiger charge is 2.07. The summed E-state index contributed by atoms with van der Waals surface area (Å²) in [5, 5.41) is 3.43. The van der Waals surface area contributed by atoms with E-state index in [2.05, 4.69) is 69.1 Å². The first-order chi connectivity index (χ1) is 8.04. The van der Waals surface area contributed by atoms with Gasteiger partial charge in [0.2, 0.25) is 0 Å². The van der Waals surface area contributed by atoms with Gasteiger partial charge in [-0.2, -0.15) is 0 Å². The Bertz CT molecular complexity index is 314. The van der Waals surface area contributed by atoms with E-state index in [0.717, 1.165) is 13.1 Å². The lowest BCUT2D eigenvalue weighted by Gasteiger charge is -2.27. The number of nitrogens with one attached hydrogen (secondary N) is 1. The van der Waals surface area contributed by atoms with E-state index < -0.39 is 0 Å². The summed E-state index contributed by atoms with van der Waals surface area (Å²) >= 11 is 0. The Balaban J connectivity index is 2.66. The summed E-state index contributed by atoms with van der Waals surface area (Å²) in [4.78, 5) is 2.40. The predicted molar refractivity (Wildman–Crippen MR) is 76.6 cm³/mol. The van der Waals surface area contributed by atoms with E-state index in [0.29, 0.717) is 12.1 Å². The van der Waals surface area contributed by atoms with Crippen LogP contribution >= 0.6 is 0 Å². The lowest BCUT2D eigenvalue weighted by Crippen LogP contribution is -2.30. The molecule has 96 valence electrons. The van der Waals surface area contributed by atoms with Gasteiger partial charge in [-0.15, -0.1) is 0 Å². The summed E-state index contributed by atoms with van der Waals surface area (Å²) in [6.07, 6.45) is 0. The Morgan fingerprint density at radius 3 is 2.06 bits per heavy atom. The summed E-state index contributed by atoms with van der Waals surface area (Å²) < 4.78 is 0. The van der Waals surface area contributed by atoms with Gasteiger partial charge < -0.3 is 10.2 Å². The van der Waals surface area contributed by atoms with E-state index in [-0.39, 0.29) is 0 Å². The van der Waals surface area contributed by atoms with Crippen LogP contribution in [0.25, 0.3) is 0 Å². The summed E-state index contributed by atoms with van der Waals surface area (Å²) in [6, 6.07) is 9.98. The van der Waals surface area contributed by atoms with Gasteiger partial charge in [-0.25, -0.2) is 0 Å². The van der Waals surface area contributed by atoms with Crippen molar-refractivity contribution in [2.75, 3.05) is 11.4 Å². The Labute approximate surface area is 106 Å². The second kappa shape index (κ2) is 6.65. The Hall–Kier alpha value is -1.02. The maximum atomic E-state index is 3.43. The molecule has 17 heavy (non-hydrogen) atoms. The SMILES string of the molecule is CCN(c1ccc(CNC(C)C)cc1)C(C)C. The predicted octanol–water partition coefficient (Wildman–Crippen LogP) is 3.42. The van der Waals surface area contributed by atoms with E-state index in [4.69, 9.17) is 0 Å². The van der Waals surface area contributed by atoms with Crippen molar-refractivity contribution >= 4 is 5.69 Å². The van der Waals surface area contributed by atoms with Crippen LogP contribution < -0.4 is 10.2 Å². The van der Waals surface area contributed by atoms with Gasteiger partial charge in [0.15, 0.2) is 0 Å². The van der Waals surface area contributed by atoms with E-state index in [9.17, 15) is 0 Å². The molecule has 0 spiro atoms. The Kier molecular flexibility index (Phi) is 5.49. The molecule has 1 aromatic carbocycles. The van der Waals surface area contributed by atoms with Gasteiger partial charge in [0, 0.05) is 30.9 Å². The number of benzene rings is 1. The van der Waals surface area contributed by atoms with Crippen molar-refractivity contribution in [3.8, 4) is 0 Å². The fourth-order valence-corrected chi connectivity index (χ4v) is 1.97. The molecule has 0 saturated carbocycles. The summed E-state index contributed by atoms with van der Waals surface area (Å²) in [6.45, 7) is 13.0. The Morgan fingerprint density at radius 1 is 1.06 bits per heavy atom. The lowest BCUT2D eigenvalue weighted by molar-refractivity contribution is 0.589. The third-order valence-electron chi connectivity index (χ3n) is 2.95. The molecule has 1 aromatic rings. The van der Waals surface area contributed by atoms with Gasteiger partial charge in [-0.05, 0) is 38.5 Å². The van der Waals surface area contributed by atoms with E-state index in [1.165, 1.54) is 11.3 Å². The summed E-state index contributed by atoms with van der Waals surface area (Å²) in [5.74, 6) is 0. The number of anilines is 1. The van der Waals surface area contributed by atoms with E-state index in [1.54, 1.807) is 0 Å². The topological polar surface area (TPSA) is 15.3 Å². The van der Waals surface area contributed by atoms with Gasteiger partial charge in [-0.1, -0.05) is 26.0 Å². The molecule has 0 aliphatic rings. The summed E-state index contributed by atoms with van der Waals surface area (Å²) in [5.41, 5.74) is 2.66. The largest absolute Gasteiger partial charge is 0.369 e. The molecular formula is C15H26N2. The van der Waals surface area contributed by atoms with Gasteiger partial charge >= 0.3 is 0 Å². The Morgan fingerprint density at radius 2 is 1.65 bits per heavy atom. The van der Waals surface area contributed by atoms with E-state index in [1.807, 2.05) is 0 Å². The minimum atomic E-state index is 0.539. The van der Waals surface area contributed by atoms with Crippen LogP contribution in [0.5, 0.6) is 0 Å². The molecule has 0 unspecified atom stereocenters. The number of hydrogen-bond donors (Lipinski definition) is 1. The fraction of sp³-hybridized carbons (Fsp3) is 0.600. The maximum absolute atomic E-state index is 3.43. The highest BCUT2D eigenvalue weighted by Crippen LogP contribution is 2.17. The molecule has 1 N–H and O–H groups in total. The summed E-state index contributed by atoms with van der Waals surface area (Å²) in [7, 11) is 0.